The van der Waals surface area contributed by atoms with E-state index in [1.165, 1.54) is 0 Å². The average molecular weight is 516 g/mol. The Bertz CT molecular complexity index is 896. The second kappa shape index (κ2) is 9.86. The van der Waals surface area contributed by atoms with Crippen LogP contribution in [-0.2, 0) is 14.9 Å². The minimum absolute atomic E-state index is 0.0509. The van der Waals surface area contributed by atoms with Crippen molar-refractivity contribution in [1.29, 1.82) is 0 Å². The first kappa shape index (κ1) is 27.3. The normalized spacial score (nSPS) is 46.3. The standard InChI is InChI=1S/C26H45NO7S/c1-15(4-7-23(31)27-10-11-35(32,33)34)18-5-6-19-24-20(14-22(30)26(18,19)3)25(2)9-8-17(28)12-16(25)13-21(24)29/h15-22,24,28-30H,4-14H2,1-3H3,(H,27,31)(H,32,33,34)/t15-,16+,17-,18-,19-,20-,21-,22+,24-,25+,26-/m1/s1. The van der Waals surface area contributed by atoms with E-state index in [-0.39, 0.29) is 65.4 Å². The van der Waals surface area contributed by atoms with Crippen molar-refractivity contribution in [2.45, 2.75) is 96.9 Å². The van der Waals surface area contributed by atoms with Gasteiger partial charge in [-0.25, -0.2) is 0 Å². The number of carbonyl (C=O) groups excluding carboxylic acids is 1. The van der Waals surface area contributed by atoms with E-state index < -0.39 is 28.1 Å². The molecule has 202 valence electrons. The third-order valence-corrected chi connectivity index (χ3v) is 11.7. The lowest BCUT2D eigenvalue weighted by molar-refractivity contribution is -0.207. The lowest BCUT2D eigenvalue weighted by atomic mass is 9.43. The largest absolute Gasteiger partial charge is 0.393 e. The smallest absolute Gasteiger partial charge is 0.266 e. The minimum atomic E-state index is -4.10. The van der Waals surface area contributed by atoms with Gasteiger partial charge in [0.05, 0.1) is 24.1 Å². The van der Waals surface area contributed by atoms with E-state index in [0.29, 0.717) is 18.8 Å². The lowest BCUT2D eigenvalue weighted by Crippen LogP contribution is -2.62. The molecule has 4 rings (SSSR count). The number of hydrogen-bond acceptors (Lipinski definition) is 6. The summed E-state index contributed by atoms with van der Waals surface area (Å²) < 4.78 is 30.5. The van der Waals surface area contributed by atoms with E-state index in [2.05, 4.69) is 26.1 Å². The van der Waals surface area contributed by atoms with E-state index >= 15 is 0 Å². The highest BCUT2D eigenvalue weighted by Gasteiger charge is 2.65. The Hall–Kier alpha value is -0.740. The van der Waals surface area contributed by atoms with Crippen molar-refractivity contribution in [2.24, 2.45) is 46.3 Å². The van der Waals surface area contributed by atoms with Crippen molar-refractivity contribution in [2.75, 3.05) is 12.3 Å². The Balaban J connectivity index is 1.43. The molecule has 0 unspecified atom stereocenters. The molecule has 0 bridgehead atoms. The van der Waals surface area contributed by atoms with Crippen LogP contribution in [0.15, 0.2) is 0 Å². The fraction of sp³-hybridized carbons (Fsp3) is 0.962. The number of fused-ring (bicyclic) bond motifs is 5. The van der Waals surface area contributed by atoms with Crippen molar-refractivity contribution in [1.82, 2.24) is 5.32 Å². The number of aliphatic hydroxyl groups excluding tert-OH is 3. The van der Waals surface area contributed by atoms with E-state index in [1.807, 2.05) is 0 Å². The van der Waals surface area contributed by atoms with Crippen molar-refractivity contribution >= 4 is 16.0 Å². The first-order chi connectivity index (χ1) is 16.3. The molecule has 0 saturated heterocycles. The summed E-state index contributed by atoms with van der Waals surface area (Å²) in [5.74, 6) is 0.705. The molecule has 0 spiro atoms. The highest BCUT2D eigenvalue weighted by atomic mass is 32.2. The summed E-state index contributed by atoms with van der Waals surface area (Å²) in [6, 6.07) is 0. The van der Waals surface area contributed by atoms with Gasteiger partial charge in [-0.15, -0.1) is 0 Å². The first-order valence-electron chi connectivity index (χ1n) is 13.5. The molecular weight excluding hydrogens is 470 g/mol. The van der Waals surface area contributed by atoms with E-state index in [0.717, 1.165) is 38.5 Å². The lowest BCUT2D eigenvalue weighted by Gasteiger charge is -2.63. The molecule has 0 heterocycles. The molecule has 8 nitrogen and oxygen atoms in total. The van der Waals surface area contributed by atoms with Crippen molar-refractivity contribution in [3.8, 4) is 0 Å². The topological polar surface area (TPSA) is 144 Å². The SMILES string of the molecule is C[C@H](CCC(=O)NCCS(=O)(=O)O)[C@H]1CC[C@@H]2[C@H]3[C@H](O)C[C@@H]4C[C@H](O)CC[C@]4(C)[C@@H]3C[C@H](O)[C@@]21C. The predicted octanol–water partition coefficient (Wildman–Crippen LogP) is 2.37. The van der Waals surface area contributed by atoms with Crippen LogP contribution < -0.4 is 5.32 Å². The van der Waals surface area contributed by atoms with Gasteiger partial charge in [-0.05, 0) is 97.7 Å². The number of hydrogen-bond donors (Lipinski definition) is 5. The van der Waals surface area contributed by atoms with Gasteiger partial charge in [-0.2, -0.15) is 8.42 Å². The average Bonchev–Trinajstić information content (AvgIpc) is 3.12. The van der Waals surface area contributed by atoms with Gasteiger partial charge >= 0.3 is 0 Å². The number of carbonyl (C=O) groups is 1. The zero-order valence-electron chi connectivity index (χ0n) is 21.4. The number of rotatable bonds is 7. The highest BCUT2D eigenvalue weighted by Crippen LogP contribution is 2.68. The summed E-state index contributed by atoms with van der Waals surface area (Å²) in [5.41, 5.74) is -0.254. The van der Waals surface area contributed by atoms with Gasteiger partial charge in [0.1, 0.15) is 0 Å². The maximum absolute atomic E-state index is 12.2. The van der Waals surface area contributed by atoms with Gasteiger partial charge in [-0.3, -0.25) is 9.35 Å². The van der Waals surface area contributed by atoms with Crippen LogP contribution in [0.4, 0.5) is 0 Å². The molecule has 4 fully saturated rings. The fourth-order valence-corrected chi connectivity index (χ4v) is 9.46. The van der Waals surface area contributed by atoms with Crippen molar-refractivity contribution in [3.05, 3.63) is 0 Å². The molecule has 4 aliphatic carbocycles. The molecule has 5 N–H and O–H groups in total. The van der Waals surface area contributed by atoms with Gasteiger partial charge < -0.3 is 20.6 Å². The zero-order chi connectivity index (χ0) is 25.8. The number of nitrogens with one attached hydrogen (secondary N) is 1. The van der Waals surface area contributed by atoms with E-state index in [4.69, 9.17) is 4.55 Å². The van der Waals surface area contributed by atoms with Crippen LogP contribution in [0, 0.1) is 46.3 Å². The molecule has 9 heteroatoms. The Kier molecular flexibility index (Phi) is 7.69. The van der Waals surface area contributed by atoms with Gasteiger partial charge in [-0.1, -0.05) is 20.8 Å². The Morgan fingerprint density at radius 3 is 2.46 bits per heavy atom. The predicted molar refractivity (Wildman–Crippen MR) is 132 cm³/mol. The second-order valence-corrected chi connectivity index (χ2v) is 14.2. The van der Waals surface area contributed by atoms with Gasteiger partial charge in [0.15, 0.2) is 0 Å². The van der Waals surface area contributed by atoms with Crippen LogP contribution in [0.1, 0.15) is 78.6 Å². The Labute approximate surface area is 210 Å². The Morgan fingerprint density at radius 1 is 1.06 bits per heavy atom. The summed E-state index contributed by atoms with van der Waals surface area (Å²) in [7, 11) is -4.10. The molecule has 11 atom stereocenters. The van der Waals surface area contributed by atoms with Gasteiger partial charge in [0, 0.05) is 13.0 Å². The summed E-state index contributed by atoms with van der Waals surface area (Å²) in [4.78, 5) is 12.2. The quantitative estimate of drug-likeness (QED) is 0.327. The molecule has 4 saturated carbocycles. The maximum atomic E-state index is 12.2. The third-order valence-electron chi connectivity index (χ3n) is 11.0. The van der Waals surface area contributed by atoms with E-state index in [1.54, 1.807) is 0 Å². The summed E-state index contributed by atoms with van der Waals surface area (Å²) in [5, 5.41) is 35.8. The molecule has 0 aromatic carbocycles. The summed E-state index contributed by atoms with van der Waals surface area (Å²) >= 11 is 0. The van der Waals surface area contributed by atoms with Crippen molar-refractivity contribution < 1.29 is 33.1 Å². The number of aliphatic hydroxyl groups is 3. The summed E-state index contributed by atoms with van der Waals surface area (Å²) in [6.45, 7) is 6.56. The van der Waals surface area contributed by atoms with Crippen molar-refractivity contribution in [3.63, 3.8) is 0 Å². The zero-order valence-corrected chi connectivity index (χ0v) is 22.2. The van der Waals surface area contributed by atoms with Crippen LogP contribution >= 0.6 is 0 Å². The van der Waals surface area contributed by atoms with Crippen LogP contribution in [0.25, 0.3) is 0 Å². The Morgan fingerprint density at radius 2 is 1.77 bits per heavy atom. The monoisotopic (exact) mass is 515 g/mol. The first-order valence-corrected chi connectivity index (χ1v) is 15.1. The highest BCUT2D eigenvalue weighted by molar-refractivity contribution is 7.85. The molecule has 0 aromatic heterocycles. The van der Waals surface area contributed by atoms with Crippen LogP contribution in [0.2, 0.25) is 0 Å². The second-order valence-electron chi connectivity index (χ2n) is 12.7. The van der Waals surface area contributed by atoms with Crippen LogP contribution in [0.5, 0.6) is 0 Å². The molecule has 35 heavy (non-hydrogen) atoms. The summed E-state index contributed by atoms with van der Waals surface area (Å²) in [6.07, 6.45) is 5.67. The molecule has 0 radical (unpaired) electrons. The molecule has 0 aliphatic heterocycles. The molecule has 1 amide bonds. The third kappa shape index (κ3) is 5.05. The molecule has 0 aromatic rings. The minimum Gasteiger partial charge on any atom is -0.393 e. The van der Waals surface area contributed by atoms with E-state index in [9.17, 15) is 28.5 Å². The van der Waals surface area contributed by atoms with Gasteiger partial charge in [0.25, 0.3) is 10.1 Å². The van der Waals surface area contributed by atoms with Crippen LogP contribution in [-0.4, -0.2) is 64.8 Å². The maximum Gasteiger partial charge on any atom is 0.266 e. The van der Waals surface area contributed by atoms with Crippen LogP contribution in [0.3, 0.4) is 0 Å². The fourth-order valence-electron chi connectivity index (χ4n) is 9.10. The molecule has 4 aliphatic rings. The van der Waals surface area contributed by atoms with Gasteiger partial charge in [0.2, 0.25) is 5.91 Å². The molecular formula is C26H45NO7S. The number of amides is 1.